The van der Waals surface area contributed by atoms with Crippen LogP contribution in [0, 0.1) is 16.0 Å². The molecule has 18 heavy (non-hydrogen) atoms. The summed E-state index contributed by atoms with van der Waals surface area (Å²) in [6.07, 6.45) is 1.18. The number of hydrogen-bond acceptors (Lipinski definition) is 4. The van der Waals surface area contributed by atoms with Gasteiger partial charge in [0.1, 0.15) is 5.82 Å². The first kappa shape index (κ1) is 11.0. The standard InChI is InChI=1S/C13H13N3O2/c1-8-6-12(8)15-13-5-2-9-7-10(16(17)18)3-4-11(9)14-13/h2-5,7-8,12H,6H2,1H3,(H,14,15). The summed E-state index contributed by atoms with van der Waals surface area (Å²) in [6.45, 7) is 2.20. The molecular weight excluding hydrogens is 230 g/mol. The van der Waals surface area contributed by atoms with Crippen molar-refractivity contribution in [2.45, 2.75) is 19.4 Å². The molecule has 1 aromatic heterocycles. The number of rotatable bonds is 3. The Morgan fingerprint density at radius 2 is 2.17 bits per heavy atom. The number of aromatic nitrogens is 1. The average Bonchev–Trinajstić information content (AvgIpc) is 3.04. The van der Waals surface area contributed by atoms with E-state index in [1.165, 1.54) is 12.5 Å². The van der Waals surface area contributed by atoms with Crippen molar-refractivity contribution in [3.63, 3.8) is 0 Å². The van der Waals surface area contributed by atoms with Crippen molar-refractivity contribution in [2.24, 2.45) is 5.92 Å². The van der Waals surface area contributed by atoms with Crippen LogP contribution in [0.2, 0.25) is 0 Å². The Hall–Kier alpha value is -2.17. The summed E-state index contributed by atoms with van der Waals surface area (Å²) in [5.41, 5.74) is 0.875. The molecule has 1 heterocycles. The van der Waals surface area contributed by atoms with E-state index in [2.05, 4.69) is 17.2 Å². The van der Waals surface area contributed by atoms with Gasteiger partial charge >= 0.3 is 0 Å². The highest BCUT2D eigenvalue weighted by Gasteiger charge is 2.32. The molecule has 0 radical (unpaired) electrons. The molecule has 2 aromatic rings. The first-order chi connectivity index (χ1) is 8.63. The second-order valence-electron chi connectivity index (χ2n) is 4.79. The van der Waals surface area contributed by atoms with Crippen molar-refractivity contribution in [1.82, 2.24) is 4.98 Å². The number of nitro groups is 1. The molecular formula is C13H13N3O2. The lowest BCUT2D eigenvalue weighted by atomic mass is 10.2. The number of anilines is 1. The largest absolute Gasteiger partial charge is 0.367 e. The molecule has 2 unspecified atom stereocenters. The highest BCUT2D eigenvalue weighted by Crippen LogP contribution is 2.32. The molecule has 2 atom stereocenters. The van der Waals surface area contributed by atoms with Gasteiger partial charge in [0.05, 0.1) is 10.4 Å². The predicted molar refractivity (Wildman–Crippen MR) is 69.6 cm³/mol. The van der Waals surface area contributed by atoms with E-state index in [1.54, 1.807) is 12.1 Å². The summed E-state index contributed by atoms with van der Waals surface area (Å²) in [4.78, 5) is 14.7. The summed E-state index contributed by atoms with van der Waals surface area (Å²) >= 11 is 0. The van der Waals surface area contributed by atoms with Crippen molar-refractivity contribution in [2.75, 3.05) is 5.32 Å². The normalized spacial score (nSPS) is 21.8. The fraction of sp³-hybridized carbons (Fsp3) is 0.308. The quantitative estimate of drug-likeness (QED) is 0.664. The molecule has 0 spiro atoms. The molecule has 0 amide bonds. The number of hydrogen-bond donors (Lipinski definition) is 1. The Kier molecular flexibility index (Phi) is 2.40. The van der Waals surface area contributed by atoms with Gasteiger partial charge in [-0.3, -0.25) is 10.1 Å². The second-order valence-corrected chi connectivity index (χ2v) is 4.79. The van der Waals surface area contributed by atoms with Crippen LogP contribution < -0.4 is 5.32 Å². The first-order valence-electron chi connectivity index (χ1n) is 5.95. The van der Waals surface area contributed by atoms with Crippen molar-refractivity contribution in [3.05, 3.63) is 40.4 Å². The number of non-ortho nitro benzene ring substituents is 1. The monoisotopic (exact) mass is 243 g/mol. The van der Waals surface area contributed by atoms with Gasteiger partial charge in [-0.25, -0.2) is 4.98 Å². The van der Waals surface area contributed by atoms with Gasteiger partial charge in [-0.05, 0) is 30.5 Å². The maximum Gasteiger partial charge on any atom is 0.270 e. The molecule has 0 bridgehead atoms. The summed E-state index contributed by atoms with van der Waals surface area (Å²) in [5.74, 6) is 1.55. The van der Waals surface area contributed by atoms with E-state index in [-0.39, 0.29) is 5.69 Å². The molecule has 0 aliphatic heterocycles. The summed E-state index contributed by atoms with van der Waals surface area (Å²) in [6, 6.07) is 8.98. The summed E-state index contributed by atoms with van der Waals surface area (Å²) in [5, 5.41) is 14.8. The van der Waals surface area contributed by atoms with Gasteiger partial charge in [0.15, 0.2) is 0 Å². The Morgan fingerprint density at radius 3 is 2.83 bits per heavy atom. The minimum atomic E-state index is -0.391. The van der Waals surface area contributed by atoms with E-state index in [1.807, 2.05) is 12.1 Å². The lowest BCUT2D eigenvalue weighted by Gasteiger charge is -2.05. The minimum absolute atomic E-state index is 0.0980. The highest BCUT2D eigenvalue weighted by atomic mass is 16.6. The van der Waals surface area contributed by atoms with Crippen molar-refractivity contribution < 1.29 is 4.92 Å². The Morgan fingerprint density at radius 1 is 1.39 bits per heavy atom. The zero-order valence-corrected chi connectivity index (χ0v) is 9.96. The Balaban J connectivity index is 1.92. The van der Waals surface area contributed by atoms with Crippen LogP contribution in [0.4, 0.5) is 11.5 Å². The van der Waals surface area contributed by atoms with Crippen LogP contribution in [0.3, 0.4) is 0 Å². The molecule has 5 heteroatoms. The maximum absolute atomic E-state index is 10.7. The SMILES string of the molecule is CC1CC1Nc1ccc2cc([N+](=O)[O-])ccc2n1. The number of nitro benzene ring substituents is 1. The molecule has 0 saturated heterocycles. The molecule has 3 rings (SSSR count). The number of nitrogens with one attached hydrogen (secondary N) is 1. The molecule has 1 N–H and O–H groups in total. The third-order valence-electron chi connectivity index (χ3n) is 3.33. The minimum Gasteiger partial charge on any atom is -0.367 e. The van der Waals surface area contributed by atoms with Gasteiger partial charge in [0, 0.05) is 23.6 Å². The van der Waals surface area contributed by atoms with E-state index in [9.17, 15) is 10.1 Å². The second kappa shape index (κ2) is 3.94. The number of fused-ring (bicyclic) bond motifs is 1. The third kappa shape index (κ3) is 1.99. The molecule has 1 aromatic carbocycles. The Bertz CT molecular complexity index is 627. The van der Waals surface area contributed by atoms with E-state index in [0.29, 0.717) is 12.0 Å². The predicted octanol–water partition coefficient (Wildman–Crippen LogP) is 2.96. The lowest BCUT2D eigenvalue weighted by molar-refractivity contribution is -0.384. The number of pyridine rings is 1. The summed E-state index contributed by atoms with van der Waals surface area (Å²) < 4.78 is 0. The third-order valence-corrected chi connectivity index (χ3v) is 3.33. The zero-order chi connectivity index (χ0) is 12.7. The van der Waals surface area contributed by atoms with Crippen LogP contribution in [0.5, 0.6) is 0 Å². The number of nitrogens with zero attached hydrogens (tertiary/aromatic N) is 2. The maximum atomic E-state index is 10.7. The van der Waals surface area contributed by atoms with E-state index in [4.69, 9.17) is 0 Å². The smallest absolute Gasteiger partial charge is 0.270 e. The van der Waals surface area contributed by atoms with Crippen LogP contribution in [0.25, 0.3) is 10.9 Å². The molecule has 1 fully saturated rings. The molecule has 1 saturated carbocycles. The summed E-state index contributed by atoms with van der Waals surface area (Å²) in [7, 11) is 0. The van der Waals surface area contributed by atoms with Crippen LogP contribution in [0.15, 0.2) is 30.3 Å². The van der Waals surface area contributed by atoms with E-state index >= 15 is 0 Å². The average molecular weight is 243 g/mol. The highest BCUT2D eigenvalue weighted by molar-refractivity contribution is 5.82. The molecule has 5 nitrogen and oxygen atoms in total. The fourth-order valence-electron chi connectivity index (χ4n) is 2.02. The topological polar surface area (TPSA) is 68.1 Å². The lowest BCUT2D eigenvalue weighted by Crippen LogP contribution is -2.04. The van der Waals surface area contributed by atoms with Gasteiger partial charge in [-0.1, -0.05) is 6.92 Å². The van der Waals surface area contributed by atoms with Crippen molar-refractivity contribution in [1.29, 1.82) is 0 Å². The van der Waals surface area contributed by atoms with Gasteiger partial charge in [-0.15, -0.1) is 0 Å². The van der Waals surface area contributed by atoms with E-state index in [0.717, 1.165) is 16.7 Å². The molecule has 1 aliphatic rings. The van der Waals surface area contributed by atoms with Gasteiger partial charge in [0.25, 0.3) is 5.69 Å². The van der Waals surface area contributed by atoms with Crippen molar-refractivity contribution >= 4 is 22.4 Å². The Labute approximate surface area is 104 Å². The van der Waals surface area contributed by atoms with Crippen LogP contribution in [-0.2, 0) is 0 Å². The first-order valence-corrected chi connectivity index (χ1v) is 5.95. The van der Waals surface area contributed by atoms with Crippen LogP contribution >= 0.6 is 0 Å². The van der Waals surface area contributed by atoms with E-state index < -0.39 is 4.92 Å². The van der Waals surface area contributed by atoms with Gasteiger partial charge in [0.2, 0.25) is 0 Å². The molecule has 92 valence electrons. The van der Waals surface area contributed by atoms with Crippen LogP contribution in [-0.4, -0.2) is 15.9 Å². The fourth-order valence-corrected chi connectivity index (χ4v) is 2.02. The zero-order valence-electron chi connectivity index (χ0n) is 9.96. The van der Waals surface area contributed by atoms with Crippen molar-refractivity contribution in [3.8, 4) is 0 Å². The molecule has 1 aliphatic carbocycles. The van der Waals surface area contributed by atoms with Crippen LogP contribution in [0.1, 0.15) is 13.3 Å². The number of benzene rings is 1. The van der Waals surface area contributed by atoms with Gasteiger partial charge in [-0.2, -0.15) is 0 Å². The van der Waals surface area contributed by atoms with Gasteiger partial charge < -0.3 is 5.32 Å².